The standard InChI is InChI=1S/C13H27N3S.HI/c1-11-5-4-6-12(9-11)10-16-13(14-2)15-7-8-17-3;/h11-12H,4-10H2,1-3H3,(H2,14,15,16);1H. The minimum Gasteiger partial charge on any atom is -0.356 e. The van der Waals surface area contributed by atoms with E-state index in [1.807, 2.05) is 18.8 Å². The van der Waals surface area contributed by atoms with Crippen molar-refractivity contribution in [3.63, 3.8) is 0 Å². The van der Waals surface area contributed by atoms with E-state index in [1.54, 1.807) is 0 Å². The molecule has 0 aromatic heterocycles. The molecule has 0 aliphatic heterocycles. The molecule has 18 heavy (non-hydrogen) atoms. The van der Waals surface area contributed by atoms with Crippen LogP contribution in [-0.2, 0) is 0 Å². The normalized spacial score (nSPS) is 24.3. The topological polar surface area (TPSA) is 36.4 Å². The quantitative estimate of drug-likeness (QED) is 0.331. The van der Waals surface area contributed by atoms with Crippen molar-refractivity contribution in [3.05, 3.63) is 0 Å². The van der Waals surface area contributed by atoms with Gasteiger partial charge in [0.05, 0.1) is 0 Å². The summed E-state index contributed by atoms with van der Waals surface area (Å²) in [5.74, 6) is 3.82. The van der Waals surface area contributed by atoms with Gasteiger partial charge in [0.2, 0.25) is 0 Å². The van der Waals surface area contributed by atoms with Crippen molar-refractivity contribution in [2.75, 3.05) is 32.1 Å². The number of guanidine groups is 1. The lowest BCUT2D eigenvalue weighted by Gasteiger charge is -2.27. The molecule has 1 rings (SSSR count). The predicted molar refractivity (Wildman–Crippen MR) is 94.3 cm³/mol. The fourth-order valence-corrected chi connectivity index (χ4v) is 2.78. The molecule has 0 aromatic carbocycles. The average molecular weight is 385 g/mol. The summed E-state index contributed by atoms with van der Waals surface area (Å²) in [4.78, 5) is 4.25. The van der Waals surface area contributed by atoms with Gasteiger partial charge in [0.25, 0.3) is 0 Å². The Labute approximate surface area is 133 Å². The lowest BCUT2D eigenvalue weighted by Crippen LogP contribution is -2.41. The summed E-state index contributed by atoms with van der Waals surface area (Å²) >= 11 is 1.86. The van der Waals surface area contributed by atoms with Gasteiger partial charge in [0, 0.05) is 25.9 Å². The molecule has 1 aliphatic carbocycles. The van der Waals surface area contributed by atoms with E-state index in [0.29, 0.717) is 0 Å². The second-order valence-electron chi connectivity index (χ2n) is 5.01. The van der Waals surface area contributed by atoms with E-state index in [9.17, 15) is 0 Å². The number of thioether (sulfide) groups is 1. The fourth-order valence-electron chi connectivity index (χ4n) is 2.48. The molecule has 2 unspecified atom stereocenters. The van der Waals surface area contributed by atoms with Crippen molar-refractivity contribution in [3.8, 4) is 0 Å². The molecular weight excluding hydrogens is 357 g/mol. The zero-order valence-electron chi connectivity index (χ0n) is 11.9. The Kier molecular flexibility index (Phi) is 11.4. The highest BCUT2D eigenvalue weighted by atomic mass is 127. The Morgan fingerprint density at radius 3 is 2.72 bits per heavy atom. The molecule has 1 fully saturated rings. The number of aliphatic imine (C=N–C) groups is 1. The smallest absolute Gasteiger partial charge is 0.191 e. The Morgan fingerprint density at radius 2 is 2.11 bits per heavy atom. The summed E-state index contributed by atoms with van der Waals surface area (Å²) in [7, 11) is 1.85. The molecule has 1 saturated carbocycles. The number of nitrogens with zero attached hydrogens (tertiary/aromatic N) is 1. The number of rotatable bonds is 5. The van der Waals surface area contributed by atoms with Gasteiger partial charge in [0.1, 0.15) is 0 Å². The van der Waals surface area contributed by atoms with Crippen LogP contribution < -0.4 is 10.6 Å². The molecule has 0 bridgehead atoms. The third-order valence-electron chi connectivity index (χ3n) is 3.43. The van der Waals surface area contributed by atoms with E-state index in [4.69, 9.17) is 0 Å². The summed E-state index contributed by atoms with van der Waals surface area (Å²) in [6.45, 7) is 4.43. The summed E-state index contributed by atoms with van der Waals surface area (Å²) in [5.41, 5.74) is 0. The van der Waals surface area contributed by atoms with E-state index in [-0.39, 0.29) is 24.0 Å². The number of hydrogen-bond acceptors (Lipinski definition) is 2. The molecule has 2 atom stereocenters. The highest BCUT2D eigenvalue weighted by Crippen LogP contribution is 2.27. The third kappa shape index (κ3) is 7.71. The Hall–Kier alpha value is 0.350. The first-order valence-corrected chi connectivity index (χ1v) is 8.09. The van der Waals surface area contributed by atoms with Gasteiger partial charge < -0.3 is 10.6 Å². The molecule has 1 aliphatic rings. The monoisotopic (exact) mass is 385 g/mol. The molecule has 0 amide bonds. The zero-order chi connectivity index (χ0) is 12.5. The number of halogens is 1. The summed E-state index contributed by atoms with van der Waals surface area (Å²) in [6, 6.07) is 0. The van der Waals surface area contributed by atoms with Crippen molar-refractivity contribution < 1.29 is 0 Å². The van der Waals surface area contributed by atoms with Crippen molar-refractivity contribution in [2.24, 2.45) is 16.8 Å². The van der Waals surface area contributed by atoms with Crippen LogP contribution in [0.2, 0.25) is 0 Å². The molecule has 0 spiro atoms. The van der Waals surface area contributed by atoms with Crippen molar-refractivity contribution in [1.82, 2.24) is 10.6 Å². The average Bonchev–Trinajstić information content (AvgIpc) is 2.34. The second kappa shape index (κ2) is 11.2. The first kappa shape index (κ1) is 18.4. The molecule has 0 radical (unpaired) electrons. The lowest BCUT2D eigenvalue weighted by molar-refractivity contribution is 0.282. The highest BCUT2D eigenvalue weighted by molar-refractivity contribution is 14.0. The second-order valence-corrected chi connectivity index (χ2v) is 6.00. The molecule has 0 heterocycles. The van der Waals surface area contributed by atoms with E-state index >= 15 is 0 Å². The molecule has 2 N–H and O–H groups in total. The maximum Gasteiger partial charge on any atom is 0.191 e. The van der Waals surface area contributed by atoms with E-state index in [1.165, 1.54) is 25.7 Å². The van der Waals surface area contributed by atoms with Crippen LogP contribution in [0, 0.1) is 11.8 Å². The van der Waals surface area contributed by atoms with Crippen molar-refractivity contribution in [1.29, 1.82) is 0 Å². The van der Waals surface area contributed by atoms with Gasteiger partial charge in [-0.3, -0.25) is 4.99 Å². The van der Waals surface area contributed by atoms with E-state index in [2.05, 4.69) is 28.8 Å². The maximum absolute atomic E-state index is 4.25. The minimum atomic E-state index is 0. The lowest BCUT2D eigenvalue weighted by atomic mass is 9.82. The number of nitrogens with one attached hydrogen (secondary N) is 2. The van der Waals surface area contributed by atoms with Crippen LogP contribution in [0.5, 0.6) is 0 Å². The van der Waals surface area contributed by atoms with Crippen LogP contribution in [0.25, 0.3) is 0 Å². The third-order valence-corrected chi connectivity index (χ3v) is 4.04. The van der Waals surface area contributed by atoms with Crippen LogP contribution in [0.1, 0.15) is 32.6 Å². The summed E-state index contributed by atoms with van der Waals surface area (Å²) < 4.78 is 0. The van der Waals surface area contributed by atoms with Gasteiger partial charge in [0.15, 0.2) is 5.96 Å². The van der Waals surface area contributed by atoms with Gasteiger partial charge in [-0.15, -0.1) is 24.0 Å². The van der Waals surface area contributed by atoms with Crippen LogP contribution in [0.4, 0.5) is 0 Å². The fraction of sp³-hybridized carbons (Fsp3) is 0.923. The largest absolute Gasteiger partial charge is 0.356 e. The Balaban J connectivity index is 0.00000289. The van der Waals surface area contributed by atoms with Crippen LogP contribution in [0.15, 0.2) is 4.99 Å². The van der Waals surface area contributed by atoms with Gasteiger partial charge in [-0.1, -0.05) is 19.8 Å². The predicted octanol–water partition coefficient (Wildman–Crippen LogP) is 2.96. The van der Waals surface area contributed by atoms with E-state index in [0.717, 1.165) is 36.6 Å². The van der Waals surface area contributed by atoms with Gasteiger partial charge in [-0.25, -0.2) is 0 Å². The Bertz CT molecular complexity index is 236. The molecule has 0 saturated heterocycles. The summed E-state index contributed by atoms with van der Waals surface area (Å²) in [6.07, 6.45) is 7.68. The zero-order valence-corrected chi connectivity index (χ0v) is 15.0. The van der Waals surface area contributed by atoms with Crippen LogP contribution >= 0.6 is 35.7 Å². The summed E-state index contributed by atoms with van der Waals surface area (Å²) in [5, 5.41) is 6.79. The number of hydrogen-bond donors (Lipinski definition) is 2. The van der Waals surface area contributed by atoms with Crippen molar-refractivity contribution >= 4 is 41.7 Å². The van der Waals surface area contributed by atoms with Crippen LogP contribution in [-0.4, -0.2) is 38.1 Å². The van der Waals surface area contributed by atoms with Gasteiger partial charge >= 0.3 is 0 Å². The van der Waals surface area contributed by atoms with Gasteiger partial charge in [-0.05, 0) is 30.9 Å². The van der Waals surface area contributed by atoms with E-state index < -0.39 is 0 Å². The maximum atomic E-state index is 4.25. The van der Waals surface area contributed by atoms with Crippen LogP contribution in [0.3, 0.4) is 0 Å². The molecular formula is C13H28IN3S. The molecule has 0 aromatic rings. The van der Waals surface area contributed by atoms with Gasteiger partial charge in [-0.2, -0.15) is 11.8 Å². The van der Waals surface area contributed by atoms with Crippen molar-refractivity contribution in [2.45, 2.75) is 32.6 Å². The molecule has 3 nitrogen and oxygen atoms in total. The Morgan fingerprint density at radius 1 is 1.33 bits per heavy atom. The SMILES string of the molecule is CN=C(NCCSC)NCC1CCCC(C)C1.I. The highest BCUT2D eigenvalue weighted by Gasteiger charge is 2.18. The first-order valence-electron chi connectivity index (χ1n) is 6.69. The first-order chi connectivity index (χ1) is 8.26. The molecule has 108 valence electrons. The molecule has 5 heteroatoms. The minimum absolute atomic E-state index is 0.